The van der Waals surface area contributed by atoms with E-state index >= 15 is 0 Å². The minimum Gasteiger partial charge on any atom is -0.369 e. The molecule has 0 atom stereocenters. The maximum Gasteiger partial charge on any atom is 0.0369 e. The van der Waals surface area contributed by atoms with Gasteiger partial charge in [-0.15, -0.1) is 0 Å². The van der Waals surface area contributed by atoms with Gasteiger partial charge in [0.15, 0.2) is 0 Å². The number of hydrogen-bond donors (Lipinski definition) is 0. The summed E-state index contributed by atoms with van der Waals surface area (Å²) in [6.45, 7) is 7.67. The van der Waals surface area contributed by atoms with Crippen LogP contribution in [0.2, 0.25) is 0 Å². The molecule has 1 heterocycles. The van der Waals surface area contributed by atoms with Gasteiger partial charge in [0.2, 0.25) is 0 Å². The van der Waals surface area contributed by atoms with Crippen molar-refractivity contribution in [3.05, 3.63) is 77.9 Å². The van der Waals surface area contributed by atoms with Gasteiger partial charge in [0.05, 0.1) is 0 Å². The number of aryl methyl sites for hydroxylation is 1. The molecule has 4 rings (SSSR count). The molecule has 0 N–H and O–H groups in total. The Morgan fingerprint density at radius 2 is 1.54 bits per heavy atom. The number of piperazine rings is 1. The van der Waals surface area contributed by atoms with E-state index in [0.717, 1.165) is 32.7 Å². The molecule has 0 radical (unpaired) electrons. The molecule has 2 nitrogen and oxygen atoms in total. The molecule has 0 saturated carbocycles. The van der Waals surface area contributed by atoms with Crippen LogP contribution < -0.4 is 4.90 Å². The zero-order valence-electron chi connectivity index (χ0n) is 14.3. The van der Waals surface area contributed by atoms with Crippen molar-refractivity contribution in [3.63, 3.8) is 0 Å². The largest absolute Gasteiger partial charge is 0.369 e. The predicted molar refractivity (Wildman–Crippen MR) is 103 cm³/mol. The van der Waals surface area contributed by atoms with E-state index in [4.69, 9.17) is 0 Å². The Bertz CT molecular complexity index is 827. The minimum absolute atomic E-state index is 1.04. The molecule has 0 aromatic heterocycles. The zero-order valence-corrected chi connectivity index (χ0v) is 14.3. The number of nitrogens with zero attached hydrogens (tertiary/aromatic N) is 2. The second-order valence-corrected chi connectivity index (χ2v) is 6.74. The molecule has 1 aliphatic rings. The lowest BCUT2D eigenvalue weighted by atomic mass is 10.0. The SMILES string of the molecule is Cc1cccc(N2CCN(Cc3cccc4ccccc34)CC2)c1. The fourth-order valence-electron chi connectivity index (χ4n) is 3.66. The molecule has 0 bridgehead atoms. The summed E-state index contributed by atoms with van der Waals surface area (Å²) in [6.07, 6.45) is 0. The summed E-state index contributed by atoms with van der Waals surface area (Å²) >= 11 is 0. The first-order chi connectivity index (χ1) is 11.8. The summed E-state index contributed by atoms with van der Waals surface area (Å²) in [5.74, 6) is 0. The third kappa shape index (κ3) is 3.15. The van der Waals surface area contributed by atoms with Crippen molar-refractivity contribution in [2.24, 2.45) is 0 Å². The monoisotopic (exact) mass is 316 g/mol. The van der Waals surface area contributed by atoms with Crippen molar-refractivity contribution in [1.82, 2.24) is 4.90 Å². The van der Waals surface area contributed by atoms with Gasteiger partial charge >= 0.3 is 0 Å². The van der Waals surface area contributed by atoms with Crippen molar-refractivity contribution in [2.75, 3.05) is 31.1 Å². The lowest BCUT2D eigenvalue weighted by Gasteiger charge is -2.36. The van der Waals surface area contributed by atoms with Gasteiger partial charge in [-0.1, -0.05) is 54.6 Å². The normalized spacial score (nSPS) is 15.8. The van der Waals surface area contributed by atoms with Crippen molar-refractivity contribution in [2.45, 2.75) is 13.5 Å². The van der Waals surface area contributed by atoms with E-state index in [1.165, 1.54) is 27.6 Å². The number of anilines is 1. The maximum atomic E-state index is 2.58. The number of benzene rings is 3. The molecule has 1 aliphatic heterocycles. The topological polar surface area (TPSA) is 6.48 Å². The van der Waals surface area contributed by atoms with E-state index in [2.05, 4.69) is 83.5 Å². The lowest BCUT2D eigenvalue weighted by molar-refractivity contribution is 0.250. The maximum absolute atomic E-state index is 2.58. The molecule has 3 aromatic rings. The minimum atomic E-state index is 1.04. The van der Waals surface area contributed by atoms with Gasteiger partial charge in [-0.3, -0.25) is 4.90 Å². The first-order valence-corrected chi connectivity index (χ1v) is 8.80. The standard InChI is InChI=1S/C22H24N2/c1-18-6-4-10-21(16-18)24-14-12-23(13-15-24)17-20-9-5-8-19-7-2-3-11-22(19)20/h2-11,16H,12-15,17H2,1H3. The van der Waals surface area contributed by atoms with E-state index in [1.807, 2.05) is 0 Å². The Morgan fingerprint density at radius 1 is 0.792 bits per heavy atom. The van der Waals surface area contributed by atoms with Crippen LogP contribution in [-0.2, 0) is 6.54 Å². The van der Waals surface area contributed by atoms with Crippen LogP contribution >= 0.6 is 0 Å². The molecule has 122 valence electrons. The molecule has 0 unspecified atom stereocenters. The van der Waals surface area contributed by atoms with Crippen molar-refractivity contribution >= 4 is 16.5 Å². The average molecular weight is 316 g/mol. The molecule has 0 aliphatic carbocycles. The van der Waals surface area contributed by atoms with Crippen LogP contribution in [0, 0.1) is 6.92 Å². The molecule has 0 amide bonds. The summed E-state index contributed by atoms with van der Waals surface area (Å²) < 4.78 is 0. The number of rotatable bonds is 3. The Kier molecular flexibility index (Phi) is 4.22. The third-order valence-corrected chi connectivity index (χ3v) is 5.01. The van der Waals surface area contributed by atoms with E-state index in [1.54, 1.807) is 0 Å². The van der Waals surface area contributed by atoms with Crippen LogP contribution in [0.5, 0.6) is 0 Å². The van der Waals surface area contributed by atoms with Crippen LogP contribution in [0.4, 0.5) is 5.69 Å². The van der Waals surface area contributed by atoms with E-state index < -0.39 is 0 Å². The van der Waals surface area contributed by atoms with Gasteiger partial charge in [0, 0.05) is 38.4 Å². The summed E-state index contributed by atoms with van der Waals surface area (Å²) in [7, 11) is 0. The van der Waals surface area contributed by atoms with Crippen molar-refractivity contribution in [1.29, 1.82) is 0 Å². The predicted octanol–water partition coefficient (Wildman–Crippen LogP) is 4.47. The highest BCUT2D eigenvalue weighted by Gasteiger charge is 2.17. The quantitative estimate of drug-likeness (QED) is 0.703. The van der Waals surface area contributed by atoms with E-state index in [-0.39, 0.29) is 0 Å². The van der Waals surface area contributed by atoms with Crippen molar-refractivity contribution < 1.29 is 0 Å². The molecular weight excluding hydrogens is 292 g/mol. The Labute approximate surface area is 144 Å². The van der Waals surface area contributed by atoms with Gasteiger partial charge in [-0.2, -0.15) is 0 Å². The highest BCUT2D eigenvalue weighted by molar-refractivity contribution is 5.85. The van der Waals surface area contributed by atoms with Crippen LogP contribution in [0.3, 0.4) is 0 Å². The highest BCUT2D eigenvalue weighted by Crippen LogP contribution is 2.22. The molecule has 3 aromatic carbocycles. The van der Waals surface area contributed by atoms with Crippen LogP contribution in [0.15, 0.2) is 66.7 Å². The van der Waals surface area contributed by atoms with Gasteiger partial charge in [-0.05, 0) is 41.0 Å². The fourth-order valence-corrected chi connectivity index (χ4v) is 3.66. The van der Waals surface area contributed by atoms with Gasteiger partial charge < -0.3 is 4.90 Å². The molecule has 0 spiro atoms. The summed E-state index contributed by atoms with van der Waals surface area (Å²) in [4.78, 5) is 5.08. The smallest absolute Gasteiger partial charge is 0.0369 e. The lowest BCUT2D eigenvalue weighted by Crippen LogP contribution is -2.46. The van der Waals surface area contributed by atoms with Gasteiger partial charge in [0.25, 0.3) is 0 Å². The van der Waals surface area contributed by atoms with E-state index in [9.17, 15) is 0 Å². The number of hydrogen-bond acceptors (Lipinski definition) is 2. The number of fused-ring (bicyclic) bond motifs is 1. The van der Waals surface area contributed by atoms with Gasteiger partial charge in [0.1, 0.15) is 0 Å². The zero-order chi connectivity index (χ0) is 16.4. The molecule has 1 fully saturated rings. The van der Waals surface area contributed by atoms with Gasteiger partial charge in [-0.25, -0.2) is 0 Å². The summed E-state index contributed by atoms with van der Waals surface area (Å²) in [6, 6.07) is 24.2. The second kappa shape index (κ2) is 6.66. The molecule has 2 heteroatoms. The summed E-state index contributed by atoms with van der Waals surface area (Å²) in [5.41, 5.74) is 4.14. The first-order valence-electron chi connectivity index (χ1n) is 8.80. The Morgan fingerprint density at radius 3 is 2.38 bits per heavy atom. The van der Waals surface area contributed by atoms with E-state index in [0.29, 0.717) is 0 Å². The summed E-state index contributed by atoms with van der Waals surface area (Å²) in [5, 5.41) is 2.73. The average Bonchev–Trinajstić information content (AvgIpc) is 2.63. The van der Waals surface area contributed by atoms with Crippen LogP contribution in [0.25, 0.3) is 10.8 Å². The molecular formula is C22H24N2. The van der Waals surface area contributed by atoms with Crippen LogP contribution in [-0.4, -0.2) is 31.1 Å². The van der Waals surface area contributed by atoms with Crippen molar-refractivity contribution in [3.8, 4) is 0 Å². The van der Waals surface area contributed by atoms with Crippen LogP contribution in [0.1, 0.15) is 11.1 Å². The second-order valence-electron chi connectivity index (χ2n) is 6.74. The Hall–Kier alpha value is -2.32. The highest BCUT2D eigenvalue weighted by atomic mass is 15.3. The molecule has 1 saturated heterocycles. The fraction of sp³-hybridized carbons (Fsp3) is 0.273. The third-order valence-electron chi connectivity index (χ3n) is 5.01. The first kappa shape index (κ1) is 15.2. The Balaban J connectivity index is 1.44. The molecule has 24 heavy (non-hydrogen) atoms.